The van der Waals surface area contributed by atoms with E-state index in [9.17, 15) is 9.59 Å². The highest BCUT2D eigenvalue weighted by molar-refractivity contribution is 8.00. The monoisotopic (exact) mass is 274 g/mol. The molecule has 0 amide bonds. The quantitative estimate of drug-likeness (QED) is 0.423. The van der Waals surface area contributed by atoms with Gasteiger partial charge in [-0.3, -0.25) is 4.79 Å². The number of methoxy groups -OCH3 is 1. The van der Waals surface area contributed by atoms with E-state index in [1.165, 1.54) is 18.9 Å². The van der Waals surface area contributed by atoms with Gasteiger partial charge < -0.3 is 9.47 Å². The molecular weight excluding hydrogens is 252 g/mol. The topological polar surface area (TPSA) is 52.6 Å². The Kier molecular flexibility index (Phi) is 7.75. The molecule has 5 heteroatoms. The van der Waals surface area contributed by atoms with Gasteiger partial charge in [0, 0.05) is 11.3 Å². The number of carbonyl (C=O) groups excluding carboxylic acids is 2. The number of hydrogen-bond donors (Lipinski definition) is 0. The Hall–Kier alpha value is -0.970. The van der Waals surface area contributed by atoms with Crippen LogP contribution in [-0.2, 0) is 19.1 Å². The van der Waals surface area contributed by atoms with Crippen LogP contribution in [0.2, 0.25) is 0 Å². The highest BCUT2D eigenvalue weighted by Gasteiger charge is 2.15. The number of thioether (sulfide) groups is 1. The van der Waals surface area contributed by atoms with E-state index in [4.69, 9.17) is 4.74 Å². The molecule has 104 valence electrons. The van der Waals surface area contributed by atoms with Crippen molar-refractivity contribution in [1.29, 1.82) is 0 Å². The van der Waals surface area contributed by atoms with E-state index >= 15 is 0 Å². The van der Waals surface area contributed by atoms with E-state index in [0.29, 0.717) is 17.7 Å². The lowest BCUT2D eigenvalue weighted by molar-refractivity contribution is -0.151. The molecule has 0 radical (unpaired) electrons. The van der Waals surface area contributed by atoms with Crippen molar-refractivity contribution in [3.8, 4) is 0 Å². The van der Waals surface area contributed by atoms with Gasteiger partial charge in [-0.1, -0.05) is 13.0 Å². The third-order valence-corrected chi connectivity index (χ3v) is 2.76. The highest BCUT2D eigenvalue weighted by Crippen LogP contribution is 2.11. The third kappa shape index (κ3) is 8.17. The Labute approximate surface area is 113 Å². The molecule has 18 heavy (non-hydrogen) atoms. The summed E-state index contributed by atoms with van der Waals surface area (Å²) in [5.74, 6) is 0.330. The molecule has 0 aromatic carbocycles. The fraction of sp³-hybridized carbons (Fsp3) is 0.692. The maximum Gasteiger partial charge on any atom is 0.333 e. The van der Waals surface area contributed by atoms with Crippen molar-refractivity contribution in [1.82, 2.24) is 0 Å². The minimum absolute atomic E-state index is 0.239. The molecule has 0 rings (SSSR count). The molecule has 0 aliphatic rings. The lowest BCUT2D eigenvalue weighted by atomic mass is 10.2. The zero-order valence-corrected chi connectivity index (χ0v) is 12.6. The van der Waals surface area contributed by atoms with Crippen LogP contribution in [0.3, 0.4) is 0 Å². The van der Waals surface area contributed by atoms with E-state index in [1.807, 2.05) is 27.7 Å². The van der Waals surface area contributed by atoms with Gasteiger partial charge in [0.15, 0.2) is 0 Å². The number of carbonyl (C=O) groups is 2. The zero-order chi connectivity index (χ0) is 14.2. The molecule has 0 fully saturated rings. The lowest BCUT2D eigenvalue weighted by Gasteiger charge is -2.19. The Morgan fingerprint density at radius 3 is 2.33 bits per heavy atom. The average Bonchev–Trinajstić information content (AvgIpc) is 2.26. The standard InChI is InChI=1S/C13H22O4S/c1-6-10(12(15)16-5)7-8-18-9-11(14)17-13(2,3)4/h7H,6,8-9H2,1-5H3. The molecule has 0 saturated carbocycles. The Morgan fingerprint density at radius 2 is 1.89 bits per heavy atom. The normalized spacial score (nSPS) is 12.2. The van der Waals surface area contributed by atoms with Crippen LogP contribution in [0.1, 0.15) is 34.1 Å². The van der Waals surface area contributed by atoms with Gasteiger partial charge in [-0.15, -0.1) is 11.8 Å². The molecule has 0 spiro atoms. The minimum atomic E-state index is -0.450. The summed E-state index contributed by atoms with van der Waals surface area (Å²) in [6.07, 6.45) is 2.42. The summed E-state index contributed by atoms with van der Waals surface area (Å²) in [5, 5.41) is 0. The first-order valence-corrected chi connectivity index (χ1v) is 7.02. The second-order valence-electron chi connectivity index (χ2n) is 4.68. The van der Waals surface area contributed by atoms with Crippen LogP contribution >= 0.6 is 11.8 Å². The molecule has 0 N–H and O–H groups in total. The predicted molar refractivity (Wildman–Crippen MR) is 73.6 cm³/mol. The van der Waals surface area contributed by atoms with Crippen molar-refractivity contribution < 1.29 is 19.1 Å². The van der Waals surface area contributed by atoms with Gasteiger partial charge in [-0.2, -0.15) is 0 Å². The number of esters is 2. The van der Waals surface area contributed by atoms with Crippen molar-refractivity contribution in [2.75, 3.05) is 18.6 Å². The van der Waals surface area contributed by atoms with Gasteiger partial charge in [0.25, 0.3) is 0 Å². The van der Waals surface area contributed by atoms with E-state index in [-0.39, 0.29) is 17.7 Å². The van der Waals surface area contributed by atoms with E-state index in [1.54, 1.807) is 6.08 Å². The first kappa shape index (κ1) is 17.0. The maximum atomic E-state index is 11.4. The Morgan fingerprint density at radius 1 is 1.28 bits per heavy atom. The fourth-order valence-electron chi connectivity index (χ4n) is 1.18. The van der Waals surface area contributed by atoms with Crippen LogP contribution in [0.25, 0.3) is 0 Å². The molecule has 0 aliphatic heterocycles. The van der Waals surface area contributed by atoms with Crippen LogP contribution in [0.4, 0.5) is 0 Å². The van der Waals surface area contributed by atoms with Crippen LogP contribution in [0, 0.1) is 0 Å². The van der Waals surface area contributed by atoms with Crippen molar-refractivity contribution in [3.05, 3.63) is 11.6 Å². The highest BCUT2D eigenvalue weighted by atomic mass is 32.2. The number of ether oxygens (including phenoxy) is 2. The second-order valence-corrected chi connectivity index (χ2v) is 5.71. The van der Waals surface area contributed by atoms with Crippen molar-refractivity contribution in [2.45, 2.75) is 39.7 Å². The first-order chi connectivity index (χ1) is 8.30. The molecule has 0 aromatic heterocycles. The van der Waals surface area contributed by atoms with Crippen LogP contribution in [0.15, 0.2) is 11.6 Å². The maximum absolute atomic E-state index is 11.4. The molecule has 0 atom stereocenters. The van der Waals surface area contributed by atoms with E-state index < -0.39 is 5.60 Å². The summed E-state index contributed by atoms with van der Waals surface area (Å²) in [6.45, 7) is 7.40. The van der Waals surface area contributed by atoms with Gasteiger partial charge in [0.1, 0.15) is 5.60 Å². The second kappa shape index (κ2) is 8.19. The predicted octanol–water partition coefficient (Wildman–Crippen LogP) is 2.57. The van der Waals surface area contributed by atoms with E-state index in [2.05, 4.69) is 4.74 Å². The third-order valence-electron chi connectivity index (χ3n) is 1.92. The summed E-state index contributed by atoms with van der Waals surface area (Å²) < 4.78 is 9.81. The van der Waals surface area contributed by atoms with Crippen LogP contribution in [-0.4, -0.2) is 36.2 Å². The van der Waals surface area contributed by atoms with Crippen molar-refractivity contribution in [3.63, 3.8) is 0 Å². The molecule has 0 heterocycles. The summed E-state index contributed by atoms with van der Waals surface area (Å²) in [7, 11) is 1.36. The Bertz CT molecular complexity index is 315. The summed E-state index contributed by atoms with van der Waals surface area (Å²) >= 11 is 1.41. The van der Waals surface area contributed by atoms with Crippen LogP contribution < -0.4 is 0 Å². The van der Waals surface area contributed by atoms with E-state index in [0.717, 1.165) is 0 Å². The number of rotatable bonds is 6. The molecule has 0 aliphatic carbocycles. The van der Waals surface area contributed by atoms with Gasteiger partial charge in [-0.25, -0.2) is 4.79 Å². The molecular formula is C13H22O4S. The summed E-state index contributed by atoms with van der Waals surface area (Å²) in [6, 6.07) is 0. The summed E-state index contributed by atoms with van der Waals surface area (Å²) in [4.78, 5) is 22.7. The fourth-order valence-corrected chi connectivity index (χ4v) is 1.84. The van der Waals surface area contributed by atoms with Gasteiger partial charge >= 0.3 is 11.9 Å². The van der Waals surface area contributed by atoms with Crippen molar-refractivity contribution in [2.24, 2.45) is 0 Å². The van der Waals surface area contributed by atoms with Gasteiger partial charge in [-0.05, 0) is 27.2 Å². The largest absolute Gasteiger partial charge is 0.466 e. The van der Waals surface area contributed by atoms with Crippen molar-refractivity contribution >= 4 is 23.7 Å². The summed E-state index contributed by atoms with van der Waals surface area (Å²) in [5.41, 5.74) is 0.183. The molecule has 0 unspecified atom stereocenters. The van der Waals surface area contributed by atoms with Gasteiger partial charge in [0.2, 0.25) is 0 Å². The lowest BCUT2D eigenvalue weighted by Crippen LogP contribution is -2.25. The smallest absolute Gasteiger partial charge is 0.333 e. The Balaban J connectivity index is 4.01. The van der Waals surface area contributed by atoms with Crippen LogP contribution in [0.5, 0.6) is 0 Å². The zero-order valence-electron chi connectivity index (χ0n) is 11.7. The average molecular weight is 274 g/mol. The molecule has 0 saturated heterocycles. The molecule has 0 bridgehead atoms. The van der Waals surface area contributed by atoms with Gasteiger partial charge in [0.05, 0.1) is 12.9 Å². The number of hydrogen-bond acceptors (Lipinski definition) is 5. The molecule has 4 nitrogen and oxygen atoms in total. The molecule has 0 aromatic rings. The SMILES string of the molecule is CCC(=CCSCC(=O)OC(C)(C)C)C(=O)OC. The minimum Gasteiger partial charge on any atom is -0.466 e. The first-order valence-electron chi connectivity index (χ1n) is 5.87.